The number of rotatable bonds is 4. The van der Waals surface area contributed by atoms with Gasteiger partial charge in [0.1, 0.15) is 5.75 Å². The summed E-state index contributed by atoms with van der Waals surface area (Å²) >= 11 is 0. The smallest absolute Gasteiger partial charge is 0.244 e. The summed E-state index contributed by atoms with van der Waals surface area (Å²) in [5.74, 6) is 3.72. The lowest BCUT2D eigenvalue weighted by atomic mass is 9.90. The molecule has 24 heavy (non-hydrogen) atoms. The zero-order chi connectivity index (χ0) is 16.5. The van der Waals surface area contributed by atoms with E-state index in [1.807, 2.05) is 24.3 Å². The first-order valence-corrected chi connectivity index (χ1v) is 8.67. The maximum absolute atomic E-state index is 5.55. The van der Waals surface area contributed by atoms with E-state index in [2.05, 4.69) is 27.3 Å². The summed E-state index contributed by atoms with van der Waals surface area (Å²) < 4.78 is 10.7. The molecule has 128 valence electrons. The molecule has 1 unspecified atom stereocenters. The van der Waals surface area contributed by atoms with Crippen LogP contribution in [-0.2, 0) is 0 Å². The largest absolute Gasteiger partial charge is 0.497 e. The van der Waals surface area contributed by atoms with Gasteiger partial charge in [-0.25, -0.2) is 0 Å². The van der Waals surface area contributed by atoms with Gasteiger partial charge in [0.25, 0.3) is 0 Å². The Morgan fingerprint density at radius 1 is 1.25 bits per heavy atom. The van der Waals surface area contributed by atoms with Crippen LogP contribution in [0, 0.1) is 11.8 Å². The summed E-state index contributed by atoms with van der Waals surface area (Å²) in [6.45, 7) is 6.68. The van der Waals surface area contributed by atoms with E-state index >= 15 is 0 Å². The molecule has 0 amide bonds. The van der Waals surface area contributed by atoms with Crippen molar-refractivity contribution in [3.8, 4) is 17.1 Å². The zero-order valence-electron chi connectivity index (χ0n) is 14.2. The molecular formula is C18H24N4O2. The van der Waals surface area contributed by atoms with Crippen molar-refractivity contribution in [3.05, 3.63) is 30.2 Å². The predicted octanol–water partition coefficient (Wildman–Crippen LogP) is 2.35. The standard InChI is InChI=1S/C18H24N4O2/c1-12(22-10-14-7-8-19-9-15(14)11-22)18-20-17(21-24-18)13-3-5-16(23-2)6-4-13/h3-6,12,14-15,19H,7-11H2,1-2H3/t12?,14-,15+/m0/s1. The van der Waals surface area contributed by atoms with Gasteiger partial charge in [-0.05, 0) is 62.5 Å². The maximum atomic E-state index is 5.55. The molecule has 2 aliphatic rings. The summed E-state index contributed by atoms with van der Waals surface area (Å²) in [6.07, 6.45) is 1.27. The van der Waals surface area contributed by atoms with Gasteiger partial charge in [0.05, 0.1) is 13.2 Å². The van der Waals surface area contributed by atoms with E-state index in [1.165, 1.54) is 6.42 Å². The Balaban J connectivity index is 1.47. The average molecular weight is 328 g/mol. The van der Waals surface area contributed by atoms with Crippen LogP contribution < -0.4 is 10.1 Å². The van der Waals surface area contributed by atoms with E-state index in [1.54, 1.807) is 7.11 Å². The van der Waals surface area contributed by atoms with E-state index in [0.717, 1.165) is 49.3 Å². The first-order valence-electron chi connectivity index (χ1n) is 8.67. The van der Waals surface area contributed by atoms with Gasteiger partial charge < -0.3 is 14.6 Å². The molecule has 1 aromatic carbocycles. The monoisotopic (exact) mass is 328 g/mol. The Bertz CT molecular complexity index is 671. The molecule has 0 bridgehead atoms. The highest BCUT2D eigenvalue weighted by Gasteiger charge is 2.37. The number of methoxy groups -OCH3 is 1. The second kappa shape index (κ2) is 6.53. The number of likely N-dealkylation sites (tertiary alicyclic amines) is 1. The average Bonchev–Trinajstić information content (AvgIpc) is 3.28. The van der Waals surface area contributed by atoms with Crippen molar-refractivity contribution >= 4 is 0 Å². The number of ether oxygens (including phenoxy) is 1. The van der Waals surface area contributed by atoms with E-state index in [4.69, 9.17) is 9.26 Å². The Morgan fingerprint density at radius 2 is 2.04 bits per heavy atom. The lowest BCUT2D eigenvalue weighted by molar-refractivity contribution is 0.201. The molecule has 3 heterocycles. The SMILES string of the molecule is COc1ccc(-c2noc(C(C)N3C[C@H]4CNCC[C@H]4C3)n2)cc1. The molecule has 4 rings (SSSR count). The van der Waals surface area contributed by atoms with Crippen molar-refractivity contribution in [2.75, 3.05) is 33.3 Å². The second-order valence-corrected chi connectivity index (χ2v) is 6.83. The minimum atomic E-state index is 0.162. The van der Waals surface area contributed by atoms with Gasteiger partial charge >= 0.3 is 0 Å². The van der Waals surface area contributed by atoms with Gasteiger partial charge in [-0.1, -0.05) is 5.16 Å². The molecule has 2 aliphatic heterocycles. The summed E-state index contributed by atoms with van der Waals surface area (Å²) in [4.78, 5) is 7.10. The minimum absolute atomic E-state index is 0.162. The molecule has 2 fully saturated rings. The fraction of sp³-hybridized carbons (Fsp3) is 0.556. The lowest BCUT2D eigenvalue weighted by Gasteiger charge is -2.24. The van der Waals surface area contributed by atoms with E-state index in [-0.39, 0.29) is 6.04 Å². The Morgan fingerprint density at radius 3 is 2.79 bits per heavy atom. The van der Waals surface area contributed by atoms with Crippen LogP contribution >= 0.6 is 0 Å². The van der Waals surface area contributed by atoms with Crippen LogP contribution in [0.5, 0.6) is 5.75 Å². The van der Waals surface area contributed by atoms with Gasteiger partial charge in [-0.2, -0.15) is 4.98 Å². The number of nitrogens with one attached hydrogen (secondary N) is 1. The molecule has 1 aromatic heterocycles. The highest BCUT2D eigenvalue weighted by Crippen LogP contribution is 2.33. The van der Waals surface area contributed by atoms with E-state index in [9.17, 15) is 0 Å². The quantitative estimate of drug-likeness (QED) is 0.929. The Hall–Kier alpha value is -1.92. The van der Waals surface area contributed by atoms with Gasteiger partial charge in [0.15, 0.2) is 0 Å². The molecular weight excluding hydrogens is 304 g/mol. The first kappa shape index (κ1) is 15.6. The summed E-state index contributed by atoms with van der Waals surface area (Å²) in [7, 11) is 1.66. The number of aromatic nitrogens is 2. The fourth-order valence-electron chi connectivity index (χ4n) is 3.84. The summed E-state index contributed by atoms with van der Waals surface area (Å²) in [5.41, 5.74) is 0.942. The fourth-order valence-corrected chi connectivity index (χ4v) is 3.84. The van der Waals surface area contributed by atoms with Gasteiger partial charge in [0, 0.05) is 18.7 Å². The third-order valence-corrected chi connectivity index (χ3v) is 5.40. The maximum Gasteiger partial charge on any atom is 0.244 e. The van der Waals surface area contributed by atoms with E-state index < -0.39 is 0 Å². The van der Waals surface area contributed by atoms with Crippen LogP contribution in [0.1, 0.15) is 25.3 Å². The summed E-state index contributed by atoms with van der Waals surface area (Å²) in [6, 6.07) is 7.89. The minimum Gasteiger partial charge on any atom is -0.497 e. The highest BCUT2D eigenvalue weighted by atomic mass is 16.5. The Labute approximate surface area is 142 Å². The van der Waals surface area contributed by atoms with Crippen LogP contribution in [0.2, 0.25) is 0 Å². The number of hydrogen-bond acceptors (Lipinski definition) is 6. The number of nitrogens with zero attached hydrogens (tertiary/aromatic N) is 3. The molecule has 0 spiro atoms. The third kappa shape index (κ3) is 2.91. The van der Waals surface area contributed by atoms with Crippen LogP contribution in [0.15, 0.2) is 28.8 Å². The molecule has 6 heteroatoms. The van der Waals surface area contributed by atoms with Gasteiger partial charge in [-0.3, -0.25) is 4.90 Å². The van der Waals surface area contributed by atoms with Gasteiger partial charge in [0.2, 0.25) is 11.7 Å². The highest BCUT2D eigenvalue weighted by molar-refractivity contribution is 5.55. The van der Waals surface area contributed by atoms with Crippen LogP contribution in [-0.4, -0.2) is 48.3 Å². The van der Waals surface area contributed by atoms with Crippen molar-refractivity contribution in [1.82, 2.24) is 20.4 Å². The van der Waals surface area contributed by atoms with Crippen molar-refractivity contribution in [2.24, 2.45) is 11.8 Å². The summed E-state index contributed by atoms with van der Waals surface area (Å²) in [5, 5.41) is 7.66. The number of fused-ring (bicyclic) bond motifs is 1. The second-order valence-electron chi connectivity index (χ2n) is 6.83. The van der Waals surface area contributed by atoms with Crippen molar-refractivity contribution in [1.29, 1.82) is 0 Å². The van der Waals surface area contributed by atoms with E-state index in [0.29, 0.717) is 11.7 Å². The third-order valence-electron chi connectivity index (χ3n) is 5.40. The predicted molar refractivity (Wildman–Crippen MR) is 90.7 cm³/mol. The Kier molecular flexibility index (Phi) is 4.24. The number of piperidine rings is 1. The molecule has 2 aromatic rings. The topological polar surface area (TPSA) is 63.4 Å². The van der Waals surface area contributed by atoms with Gasteiger partial charge in [-0.15, -0.1) is 0 Å². The van der Waals surface area contributed by atoms with Crippen molar-refractivity contribution < 1.29 is 9.26 Å². The number of hydrogen-bond donors (Lipinski definition) is 1. The molecule has 6 nitrogen and oxygen atoms in total. The molecule has 2 saturated heterocycles. The number of benzene rings is 1. The van der Waals surface area contributed by atoms with Crippen molar-refractivity contribution in [3.63, 3.8) is 0 Å². The molecule has 0 radical (unpaired) electrons. The van der Waals surface area contributed by atoms with Crippen molar-refractivity contribution in [2.45, 2.75) is 19.4 Å². The molecule has 0 saturated carbocycles. The van der Waals surface area contributed by atoms with Crippen LogP contribution in [0.4, 0.5) is 0 Å². The lowest BCUT2D eigenvalue weighted by Crippen LogP contribution is -2.35. The molecule has 3 atom stereocenters. The molecule has 1 N–H and O–H groups in total. The molecule has 0 aliphatic carbocycles. The normalized spacial score (nSPS) is 25.4. The zero-order valence-corrected chi connectivity index (χ0v) is 14.2. The first-order chi connectivity index (χ1) is 11.7. The van der Waals surface area contributed by atoms with Crippen LogP contribution in [0.25, 0.3) is 11.4 Å². The van der Waals surface area contributed by atoms with Crippen LogP contribution in [0.3, 0.4) is 0 Å².